The molecule has 0 saturated heterocycles. The molecule has 0 aliphatic rings. The Morgan fingerprint density at radius 3 is 3.09 bits per heavy atom. The van der Waals surface area contributed by atoms with Crippen molar-refractivity contribution in [2.45, 2.75) is 19.6 Å². The van der Waals surface area contributed by atoms with Gasteiger partial charge in [-0.05, 0) is 6.92 Å². The van der Waals surface area contributed by atoms with E-state index in [2.05, 4.69) is 10.3 Å². The van der Waals surface area contributed by atoms with Crippen molar-refractivity contribution in [1.29, 1.82) is 0 Å². The summed E-state index contributed by atoms with van der Waals surface area (Å²) in [5.41, 5.74) is 0.283. The van der Waals surface area contributed by atoms with Gasteiger partial charge < -0.3 is 5.11 Å². The molecule has 11 heavy (non-hydrogen) atoms. The lowest BCUT2D eigenvalue weighted by atomic mass is 10.4. The van der Waals surface area contributed by atoms with Crippen molar-refractivity contribution in [2.24, 2.45) is 0 Å². The van der Waals surface area contributed by atoms with E-state index < -0.39 is 6.10 Å². The lowest BCUT2D eigenvalue weighted by molar-refractivity contribution is 0.111. The molecule has 0 amide bonds. The van der Waals surface area contributed by atoms with Crippen LogP contribution in [0.1, 0.15) is 17.4 Å². The number of carbonyl (C=O) groups is 1. The number of aliphatic hydroxyl groups excluding tert-OH is 1. The summed E-state index contributed by atoms with van der Waals surface area (Å²) in [6.07, 6.45) is 1.63. The molecule has 1 heterocycles. The average molecular weight is 155 g/mol. The van der Waals surface area contributed by atoms with Gasteiger partial charge in [-0.1, -0.05) is 5.21 Å². The van der Waals surface area contributed by atoms with Crippen LogP contribution in [0.4, 0.5) is 0 Å². The van der Waals surface area contributed by atoms with Gasteiger partial charge in [-0.2, -0.15) is 0 Å². The predicted molar refractivity (Wildman–Crippen MR) is 37.1 cm³/mol. The first-order valence-electron chi connectivity index (χ1n) is 3.25. The molecule has 1 unspecified atom stereocenters. The fourth-order valence-electron chi connectivity index (χ4n) is 0.727. The van der Waals surface area contributed by atoms with Gasteiger partial charge in [0.05, 0.1) is 18.8 Å². The van der Waals surface area contributed by atoms with Crippen LogP contribution >= 0.6 is 0 Å². The maximum absolute atomic E-state index is 10.1. The van der Waals surface area contributed by atoms with Crippen molar-refractivity contribution < 1.29 is 9.90 Å². The molecule has 0 spiro atoms. The number of aliphatic hydroxyl groups is 1. The Balaban J connectivity index is 2.65. The van der Waals surface area contributed by atoms with Gasteiger partial charge in [-0.3, -0.25) is 4.79 Å². The highest BCUT2D eigenvalue weighted by molar-refractivity contribution is 5.70. The Bertz CT molecular complexity index is 244. The maximum Gasteiger partial charge on any atom is 0.171 e. The van der Waals surface area contributed by atoms with Crippen LogP contribution in [-0.4, -0.2) is 32.5 Å². The lowest BCUT2D eigenvalue weighted by Crippen LogP contribution is -2.11. The zero-order valence-corrected chi connectivity index (χ0v) is 6.14. The summed E-state index contributed by atoms with van der Waals surface area (Å²) < 4.78 is 1.42. The molecule has 0 aromatic carbocycles. The van der Waals surface area contributed by atoms with E-state index >= 15 is 0 Å². The van der Waals surface area contributed by atoms with E-state index in [4.69, 9.17) is 5.11 Å². The minimum atomic E-state index is -0.476. The SMILES string of the molecule is CC(O)Cn1cc(C=O)nn1. The molecular weight excluding hydrogens is 146 g/mol. The first kappa shape index (κ1) is 7.87. The minimum Gasteiger partial charge on any atom is -0.391 e. The molecule has 0 aliphatic heterocycles. The minimum absolute atomic E-state index is 0.283. The fourth-order valence-corrected chi connectivity index (χ4v) is 0.727. The van der Waals surface area contributed by atoms with Crippen molar-refractivity contribution in [2.75, 3.05) is 0 Å². The summed E-state index contributed by atoms with van der Waals surface area (Å²) in [5.74, 6) is 0. The Morgan fingerprint density at radius 2 is 2.64 bits per heavy atom. The Morgan fingerprint density at radius 1 is 1.91 bits per heavy atom. The molecule has 60 valence electrons. The Kier molecular flexibility index (Phi) is 2.32. The van der Waals surface area contributed by atoms with Crippen LogP contribution in [0.15, 0.2) is 6.20 Å². The van der Waals surface area contributed by atoms with E-state index in [0.29, 0.717) is 12.8 Å². The van der Waals surface area contributed by atoms with Crippen LogP contribution in [0, 0.1) is 0 Å². The molecular formula is C6H9N3O2. The summed E-state index contributed by atoms with van der Waals surface area (Å²) in [5, 5.41) is 16.0. The average Bonchev–Trinajstić information content (AvgIpc) is 2.34. The third-order valence-corrected chi connectivity index (χ3v) is 1.13. The molecule has 1 N–H and O–H groups in total. The quantitative estimate of drug-likeness (QED) is 0.596. The van der Waals surface area contributed by atoms with Crippen LogP contribution in [-0.2, 0) is 6.54 Å². The van der Waals surface area contributed by atoms with Crippen LogP contribution in [0.3, 0.4) is 0 Å². The van der Waals surface area contributed by atoms with Crippen molar-refractivity contribution in [3.05, 3.63) is 11.9 Å². The van der Waals surface area contributed by atoms with E-state index in [9.17, 15) is 4.79 Å². The zero-order chi connectivity index (χ0) is 8.27. The molecule has 0 aliphatic carbocycles. The van der Waals surface area contributed by atoms with Crippen LogP contribution in [0.25, 0.3) is 0 Å². The molecule has 1 atom stereocenters. The molecule has 0 saturated carbocycles. The van der Waals surface area contributed by atoms with Crippen molar-refractivity contribution in [1.82, 2.24) is 15.0 Å². The summed E-state index contributed by atoms with van der Waals surface area (Å²) in [7, 11) is 0. The highest BCUT2D eigenvalue weighted by atomic mass is 16.3. The van der Waals surface area contributed by atoms with Gasteiger partial charge in [0, 0.05) is 0 Å². The normalized spacial score (nSPS) is 12.9. The first-order valence-corrected chi connectivity index (χ1v) is 3.25. The zero-order valence-electron chi connectivity index (χ0n) is 6.14. The first-order chi connectivity index (χ1) is 5.22. The summed E-state index contributed by atoms with van der Waals surface area (Å²) >= 11 is 0. The van der Waals surface area contributed by atoms with Crippen molar-refractivity contribution in [3.63, 3.8) is 0 Å². The summed E-state index contributed by atoms with van der Waals surface area (Å²) in [6.45, 7) is 2.00. The molecule has 0 radical (unpaired) electrons. The number of hydrogen-bond acceptors (Lipinski definition) is 4. The maximum atomic E-state index is 10.1. The van der Waals surface area contributed by atoms with Gasteiger partial charge in [0.15, 0.2) is 6.29 Å². The second kappa shape index (κ2) is 3.25. The third kappa shape index (κ3) is 2.12. The van der Waals surface area contributed by atoms with Gasteiger partial charge in [0.25, 0.3) is 0 Å². The second-order valence-electron chi connectivity index (χ2n) is 2.33. The lowest BCUT2D eigenvalue weighted by Gasteiger charge is -2.00. The number of hydrogen-bond donors (Lipinski definition) is 1. The molecule has 1 aromatic rings. The number of aromatic nitrogens is 3. The summed E-state index contributed by atoms with van der Waals surface area (Å²) in [6, 6.07) is 0. The Labute approximate surface area is 63.6 Å². The number of nitrogens with zero attached hydrogens (tertiary/aromatic N) is 3. The molecule has 1 rings (SSSR count). The topological polar surface area (TPSA) is 68.0 Å². The second-order valence-corrected chi connectivity index (χ2v) is 2.33. The highest BCUT2D eigenvalue weighted by Crippen LogP contribution is 1.91. The predicted octanol–water partition coefficient (Wildman–Crippen LogP) is -0.529. The van der Waals surface area contributed by atoms with Crippen LogP contribution in [0.2, 0.25) is 0 Å². The van der Waals surface area contributed by atoms with Gasteiger partial charge in [-0.25, -0.2) is 4.68 Å². The van der Waals surface area contributed by atoms with E-state index in [0.717, 1.165) is 0 Å². The smallest absolute Gasteiger partial charge is 0.171 e. The van der Waals surface area contributed by atoms with Gasteiger partial charge in [0.2, 0.25) is 0 Å². The highest BCUT2D eigenvalue weighted by Gasteiger charge is 2.00. The molecule has 5 nitrogen and oxygen atoms in total. The van der Waals surface area contributed by atoms with Gasteiger partial charge >= 0.3 is 0 Å². The van der Waals surface area contributed by atoms with E-state index in [1.165, 1.54) is 10.9 Å². The number of rotatable bonds is 3. The molecule has 5 heteroatoms. The summed E-state index contributed by atoms with van der Waals surface area (Å²) in [4.78, 5) is 10.1. The monoisotopic (exact) mass is 155 g/mol. The van der Waals surface area contributed by atoms with Crippen LogP contribution in [0.5, 0.6) is 0 Å². The fraction of sp³-hybridized carbons (Fsp3) is 0.500. The standard InChI is InChI=1S/C6H9N3O2/c1-5(11)2-9-3-6(4-10)7-8-9/h3-5,11H,2H2,1H3. The molecule has 0 bridgehead atoms. The van der Waals surface area contributed by atoms with E-state index in [1.54, 1.807) is 6.92 Å². The van der Waals surface area contributed by atoms with Crippen molar-refractivity contribution in [3.8, 4) is 0 Å². The third-order valence-electron chi connectivity index (χ3n) is 1.13. The van der Waals surface area contributed by atoms with E-state index in [-0.39, 0.29) is 5.69 Å². The Hall–Kier alpha value is -1.23. The van der Waals surface area contributed by atoms with Gasteiger partial charge in [-0.15, -0.1) is 5.10 Å². The number of carbonyl (C=O) groups excluding carboxylic acids is 1. The van der Waals surface area contributed by atoms with Gasteiger partial charge in [0.1, 0.15) is 5.69 Å². The molecule has 1 aromatic heterocycles. The number of aldehydes is 1. The van der Waals surface area contributed by atoms with Crippen LogP contribution < -0.4 is 0 Å². The largest absolute Gasteiger partial charge is 0.391 e. The van der Waals surface area contributed by atoms with E-state index in [1.807, 2.05) is 0 Å². The van der Waals surface area contributed by atoms with Crippen molar-refractivity contribution >= 4 is 6.29 Å². The molecule has 0 fully saturated rings.